The average molecular weight is 273 g/mol. The zero-order chi connectivity index (χ0) is 14.7. The molecule has 0 spiro atoms. The van der Waals surface area contributed by atoms with E-state index < -0.39 is 0 Å². The number of aryl methyl sites for hydroxylation is 3. The van der Waals surface area contributed by atoms with Gasteiger partial charge in [-0.2, -0.15) is 5.10 Å². The maximum Gasteiger partial charge on any atom is 0.162 e. The topological polar surface area (TPSA) is 69.6 Å². The number of hydrogen-bond acceptors (Lipinski definition) is 4. The van der Waals surface area contributed by atoms with Crippen LogP contribution in [0, 0.1) is 6.92 Å². The first-order valence-electron chi connectivity index (χ1n) is 7.31. The third-order valence-corrected chi connectivity index (χ3v) is 3.44. The summed E-state index contributed by atoms with van der Waals surface area (Å²) < 4.78 is 1.92. The monoisotopic (exact) mass is 273 g/mol. The quantitative estimate of drug-likeness (QED) is 0.909. The third-order valence-electron chi connectivity index (χ3n) is 3.44. The van der Waals surface area contributed by atoms with Crippen molar-refractivity contribution in [2.24, 2.45) is 0 Å². The van der Waals surface area contributed by atoms with Gasteiger partial charge in [0.2, 0.25) is 0 Å². The molecule has 0 aromatic carbocycles. The Morgan fingerprint density at radius 1 is 1.15 bits per heavy atom. The van der Waals surface area contributed by atoms with Crippen LogP contribution in [-0.4, -0.2) is 19.7 Å². The number of anilines is 1. The normalized spacial score (nSPS) is 11.0. The molecule has 0 radical (unpaired) electrons. The predicted molar refractivity (Wildman–Crippen MR) is 81.1 cm³/mol. The number of aromatic nitrogens is 4. The Balaban J connectivity index is 2.58. The van der Waals surface area contributed by atoms with Crippen LogP contribution in [0.1, 0.15) is 50.0 Å². The van der Waals surface area contributed by atoms with Gasteiger partial charge in [0.05, 0.1) is 5.69 Å². The molecule has 2 aromatic heterocycles. The maximum absolute atomic E-state index is 6.03. The highest BCUT2D eigenvalue weighted by Crippen LogP contribution is 2.20. The average Bonchev–Trinajstić information content (AvgIpc) is 2.86. The van der Waals surface area contributed by atoms with Crippen molar-refractivity contribution in [1.29, 1.82) is 0 Å². The van der Waals surface area contributed by atoms with Gasteiger partial charge in [0, 0.05) is 17.7 Å². The van der Waals surface area contributed by atoms with E-state index in [1.807, 2.05) is 11.6 Å². The van der Waals surface area contributed by atoms with Crippen molar-refractivity contribution in [3.05, 3.63) is 28.8 Å². The van der Waals surface area contributed by atoms with E-state index >= 15 is 0 Å². The lowest BCUT2D eigenvalue weighted by molar-refractivity contribution is 0.741. The van der Waals surface area contributed by atoms with Gasteiger partial charge in [0.1, 0.15) is 11.6 Å². The van der Waals surface area contributed by atoms with E-state index in [4.69, 9.17) is 5.73 Å². The minimum absolute atomic E-state index is 0.550. The molecule has 0 amide bonds. The van der Waals surface area contributed by atoms with E-state index in [9.17, 15) is 0 Å². The molecule has 5 heteroatoms. The van der Waals surface area contributed by atoms with Gasteiger partial charge in [-0.3, -0.25) is 0 Å². The van der Waals surface area contributed by atoms with E-state index in [-0.39, 0.29) is 0 Å². The molecule has 108 valence electrons. The van der Waals surface area contributed by atoms with Crippen LogP contribution in [0.5, 0.6) is 0 Å². The fourth-order valence-electron chi connectivity index (χ4n) is 2.19. The van der Waals surface area contributed by atoms with Crippen molar-refractivity contribution >= 4 is 5.82 Å². The summed E-state index contributed by atoms with van der Waals surface area (Å²) in [5.74, 6) is 2.16. The Labute approximate surface area is 120 Å². The van der Waals surface area contributed by atoms with Crippen LogP contribution in [0.2, 0.25) is 0 Å². The lowest BCUT2D eigenvalue weighted by Crippen LogP contribution is -2.12. The number of rotatable bonds is 5. The van der Waals surface area contributed by atoms with Crippen LogP contribution in [0.25, 0.3) is 5.82 Å². The number of nitrogens with zero attached hydrogens (tertiary/aromatic N) is 4. The van der Waals surface area contributed by atoms with Crippen LogP contribution >= 0.6 is 0 Å². The van der Waals surface area contributed by atoms with Gasteiger partial charge >= 0.3 is 0 Å². The molecular weight excluding hydrogens is 250 g/mol. The molecule has 0 saturated carbocycles. The van der Waals surface area contributed by atoms with Crippen molar-refractivity contribution in [3.63, 3.8) is 0 Å². The molecule has 0 aliphatic heterocycles. The minimum Gasteiger partial charge on any atom is -0.383 e. The SMILES string of the molecule is CCCc1nc(N)c(C)c(-n2nc(CC)cc2CC)n1. The lowest BCUT2D eigenvalue weighted by atomic mass is 10.2. The first-order chi connectivity index (χ1) is 9.60. The number of nitrogens with two attached hydrogens (primary N) is 1. The highest BCUT2D eigenvalue weighted by molar-refractivity contribution is 5.48. The largest absolute Gasteiger partial charge is 0.383 e. The van der Waals surface area contributed by atoms with Crippen molar-refractivity contribution in [2.75, 3.05) is 5.73 Å². The molecule has 0 aliphatic carbocycles. The van der Waals surface area contributed by atoms with Crippen LogP contribution < -0.4 is 5.73 Å². The molecule has 0 unspecified atom stereocenters. The van der Waals surface area contributed by atoms with Gasteiger partial charge in [-0.1, -0.05) is 20.8 Å². The first-order valence-corrected chi connectivity index (χ1v) is 7.31. The number of hydrogen-bond donors (Lipinski definition) is 1. The van der Waals surface area contributed by atoms with Gasteiger partial charge in [-0.05, 0) is 32.3 Å². The van der Waals surface area contributed by atoms with Gasteiger partial charge in [0.25, 0.3) is 0 Å². The summed E-state index contributed by atoms with van der Waals surface area (Å²) in [6, 6.07) is 2.14. The Bertz CT molecular complexity index is 601. The van der Waals surface area contributed by atoms with E-state index in [0.29, 0.717) is 5.82 Å². The Morgan fingerprint density at radius 2 is 1.90 bits per heavy atom. The first kappa shape index (κ1) is 14.5. The summed E-state index contributed by atoms with van der Waals surface area (Å²) in [6.45, 7) is 8.29. The second-order valence-corrected chi connectivity index (χ2v) is 4.97. The highest BCUT2D eigenvalue weighted by atomic mass is 15.3. The molecule has 0 saturated heterocycles. The molecule has 2 N–H and O–H groups in total. The van der Waals surface area contributed by atoms with E-state index in [2.05, 4.69) is 41.9 Å². The summed E-state index contributed by atoms with van der Waals surface area (Å²) in [7, 11) is 0. The molecule has 2 rings (SSSR count). The molecule has 2 heterocycles. The van der Waals surface area contributed by atoms with Crippen LogP contribution in [0.3, 0.4) is 0 Å². The van der Waals surface area contributed by atoms with Gasteiger partial charge in [0.15, 0.2) is 5.82 Å². The molecule has 0 bridgehead atoms. The zero-order valence-corrected chi connectivity index (χ0v) is 12.8. The van der Waals surface area contributed by atoms with Gasteiger partial charge < -0.3 is 5.73 Å². The number of nitrogen functional groups attached to an aromatic ring is 1. The smallest absolute Gasteiger partial charge is 0.162 e. The van der Waals surface area contributed by atoms with Crippen molar-refractivity contribution in [1.82, 2.24) is 19.7 Å². The van der Waals surface area contributed by atoms with Crippen LogP contribution in [0.15, 0.2) is 6.07 Å². The van der Waals surface area contributed by atoms with E-state index in [1.165, 1.54) is 0 Å². The highest BCUT2D eigenvalue weighted by Gasteiger charge is 2.14. The zero-order valence-electron chi connectivity index (χ0n) is 12.8. The molecule has 0 atom stereocenters. The maximum atomic E-state index is 6.03. The second-order valence-electron chi connectivity index (χ2n) is 4.97. The van der Waals surface area contributed by atoms with E-state index in [0.717, 1.165) is 54.3 Å². The van der Waals surface area contributed by atoms with Crippen LogP contribution in [-0.2, 0) is 19.3 Å². The van der Waals surface area contributed by atoms with Crippen LogP contribution in [0.4, 0.5) is 5.82 Å². The van der Waals surface area contributed by atoms with E-state index in [1.54, 1.807) is 0 Å². The fraction of sp³-hybridized carbons (Fsp3) is 0.533. The van der Waals surface area contributed by atoms with Gasteiger partial charge in [-0.15, -0.1) is 0 Å². The summed E-state index contributed by atoms with van der Waals surface area (Å²) in [6.07, 6.45) is 3.67. The standard InChI is InChI=1S/C15H23N5/c1-5-8-13-17-14(16)10(4)15(18-13)20-12(7-3)9-11(6-2)19-20/h9H,5-8H2,1-4H3,(H2,16,17,18). The minimum atomic E-state index is 0.550. The molecule has 5 nitrogen and oxygen atoms in total. The summed E-state index contributed by atoms with van der Waals surface area (Å²) in [5, 5.41) is 4.64. The third kappa shape index (κ3) is 2.66. The Kier molecular flexibility index (Phi) is 4.37. The predicted octanol–water partition coefficient (Wildman–Crippen LogP) is 2.63. The molecule has 20 heavy (non-hydrogen) atoms. The lowest BCUT2D eigenvalue weighted by Gasteiger charge is -2.11. The molecular formula is C15H23N5. The summed E-state index contributed by atoms with van der Waals surface area (Å²) >= 11 is 0. The Hall–Kier alpha value is -1.91. The molecule has 2 aromatic rings. The fourth-order valence-corrected chi connectivity index (χ4v) is 2.19. The molecule has 0 fully saturated rings. The Morgan fingerprint density at radius 3 is 2.50 bits per heavy atom. The van der Waals surface area contributed by atoms with Gasteiger partial charge in [-0.25, -0.2) is 14.6 Å². The second kappa shape index (κ2) is 6.03. The van der Waals surface area contributed by atoms with Crippen molar-refractivity contribution in [3.8, 4) is 5.82 Å². The molecule has 0 aliphatic rings. The summed E-state index contributed by atoms with van der Waals surface area (Å²) in [4.78, 5) is 9.02. The van der Waals surface area contributed by atoms with Crippen molar-refractivity contribution < 1.29 is 0 Å². The van der Waals surface area contributed by atoms with Crippen molar-refractivity contribution in [2.45, 2.75) is 53.4 Å². The summed E-state index contributed by atoms with van der Waals surface area (Å²) in [5.41, 5.74) is 9.16.